The molecule has 0 aliphatic heterocycles. The van der Waals surface area contributed by atoms with Gasteiger partial charge in [-0.15, -0.1) is 0 Å². The maximum atomic E-state index is 8.86. The summed E-state index contributed by atoms with van der Waals surface area (Å²) in [6, 6.07) is 10.5. The highest BCUT2D eigenvalue weighted by atomic mass is 35.5. The van der Waals surface area contributed by atoms with Gasteiger partial charge in [-0.05, 0) is 29.8 Å². The van der Waals surface area contributed by atoms with Gasteiger partial charge in [-0.3, -0.25) is 0 Å². The third-order valence-electron chi connectivity index (χ3n) is 2.00. The molecule has 0 unspecified atom stereocenters. The minimum atomic E-state index is -0.0234. The molecule has 82 valence electrons. The fourth-order valence-electron chi connectivity index (χ4n) is 1.22. The number of hydrogen-bond acceptors (Lipinski definition) is 3. The molecule has 1 aromatic heterocycles. The molecule has 1 heterocycles. The van der Waals surface area contributed by atoms with Crippen LogP contribution in [0.5, 0.6) is 11.6 Å². The Hall–Kier alpha value is -1.58. The predicted molar refractivity (Wildman–Crippen MR) is 61.7 cm³/mol. The highest BCUT2D eigenvalue weighted by molar-refractivity contribution is 6.30. The average Bonchev–Trinajstić information content (AvgIpc) is 2.30. The van der Waals surface area contributed by atoms with Gasteiger partial charge in [-0.25, -0.2) is 4.98 Å². The average molecular weight is 236 g/mol. The van der Waals surface area contributed by atoms with Gasteiger partial charge in [0.15, 0.2) is 0 Å². The summed E-state index contributed by atoms with van der Waals surface area (Å²) >= 11 is 5.83. The number of aliphatic hydroxyl groups excluding tert-OH is 1. The number of halogens is 1. The molecule has 0 saturated carbocycles. The fraction of sp³-hybridized carbons (Fsp3) is 0.0833. The van der Waals surface area contributed by atoms with Crippen LogP contribution in [0.25, 0.3) is 0 Å². The third kappa shape index (κ3) is 2.72. The highest BCUT2D eigenvalue weighted by Crippen LogP contribution is 2.22. The van der Waals surface area contributed by atoms with E-state index in [1.165, 1.54) is 0 Å². The molecule has 0 saturated heterocycles. The van der Waals surface area contributed by atoms with E-state index in [1.54, 1.807) is 42.6 Å². The van der Waals surface area contributed by atoms with E-state index < -0.39 is 0 Å². The number of hydrogen-bond donors (Lipinski definition) is 1. The Labute approximate surface area is 98.3 Å². The van der Waals surface area contributed by atoms with Gasteiger partial charge in [0.05, 0.1) is 6.61 Å². The summed E-state index contributed by atoms with van der Waals surface area (Å²) in [5.41, 5.74) is 0.749. The van der Waals surface area contributed by atoms with Crippen LogP contribution in [0.1, 0.15) is 5.56 Å². The normalized spacial score (nSPS) is 10.1. The Kier molecular flexibility index (Phi) is 3.39. The lowest BCUT2D eigenvalue weighted by molar-refractivity contribution is 0.281. The lowest BCUT2D eigenvalue weighted by Crippen LogP contribution is -1.89. The van der Waals surface area contributed by atoms with Crippen LogP contribution < -0.4 is 4.74 Å². The molecule has 0 radical (unpaired) electrons. The topological polar surface area (TPSA) is 42.4 Å². The predicted octanol–water partition coefficient (Wildman–Crippen LogP) is 3.02. The van der Waals surface area contributed by atoms with Crippen molar-refractivity contribution < 1.29 is 9.84 Å². The zero-order valence-electron chi connectivity index (χ0n) is 8.43. The molecule has 0 amide bonds. The molecule has 0 fully saturated rings. The molecule has 0 spiro atoms. The standard InChI is InChI=1S/C12H10ClNO2/c13-10-2-1-3-11(6-10)16-12-5-4-9(8-15)7-14-12/h1-7,15H,8H2. The maximum absolute atomic E-state index is 8.86. The van der Waals surface area contributed by atoms with Crippen molar-refractivity contribution in [3.63, 3.8) is 0 Å². The van der Waals surface area contributed by atoms with Crippen molar-refractivity contribution in [1.82, 2.24) is 4.98 Å². The van der Waals surface area contributed by atoms with Crippen molar-refractivity contribution >= 4 is 11.6 Å². The second-order valence-corrected chi connectivity index (χ2v) is 3.66. The number of rotatable bonds is 3. The fourth-order valence-corrected chi connectivity index (χ4v) is 1.40. The maximum Gasteiger partial charge on any atom is 0.219 e. The van der Waals surface area contributed by atoms with E-state index in [2.05, 4.69) is 4.98 Å². The number of benzene rings is 1. The molecule has 1 N–H and O–H groups in total. The van der Waals surface area contributed by atoms with Crippen LogP contribution in [0.2, 0.25) is 5.02 Å². The van der Waals surface area contributed by atoms with Gasteiger partial charge >= 0.3 is 0 Å². The summed E-state index contributed by atoms with van der Waals surface area (Å²) < 4.78 is 5.48. The van der Waals surface area contributed by atoms with Gasteiger partial charge in [0.2, 0.25) is 5.88 Å². The Morgan fingerprint density at radius 2 is 2.12 bits per heavy atom. The van der Waals surface area contributed by atoms with E-state index in [1.807, 2.05) is 0 Å². The van der Waals surface area contributed by atoms with Gasteiger partial charge in [0.1, 0.15) is 5.75 Å². The Morgan fingerprint density at radius 3 is 2.75 bits per heavy atom. The smallest absolute Gasteiger partial charge is 0.219 e. The number of nitrogens with zero attached hydrogens (tertiary/aromatic N) is 1. The summed E-state index contributed by atoms with van der Waals surface area (Å²) in [5.74, 6) is 1.11. The lowest BCUT2D eigenvalue weighted by atomic mass is 10.3. The molecule has 0 aliphatic rings. The molecular formula is C12H10ClNO2. The van der Waals surface area contributed by atoms with Crippen molar-refractivity contribution in [2.75, 3.05) is 0 Å². The van der Waals surface area contributed by atoms with Crippen LogP contribution in [0.4, 0.5) is 0 Å². The Bertz CT molecular complexity index is 471. The van der Waals surface area contributed by atoms with Crippen LogP contribution >= 0.6 is 11.6 Å². The number of pyridine rings is 1. The first-order chi connectivity index (χ1) is 7.78. The Morgan fingerprint density at radius 1 is 1.25 bits per heavy atom. The van der Waals surface area contributed by atoms with Gasteiger partial charge in [-0.1, -0.05) is 17.7 Å². The largest absolute Gasteiger partial charge is 0.439 e. The third-order valence-corrected chi connectivity index (χ3v) is 2.23. The second kappa shape index (κ2) is 4.96. The van der Waals surface area contributed by atoms with Crippen LogP contribution in [0.15, 0.2) is 42.6 Å². The summed E-state index contributed by atoms with van der Waals surface area (Å²) in [7, 11) is 0. The minimum Gasteiger partial charge on any atom is -0.439 e. The molecular weight excluding hydrogens is 226 g/mol. The second-order valence-electron chi connectivity index (χ2n) is 3.22. The van der Waals surface area contributed by atoms with Crippen molar-refractivity contribution in [3.05, 3.63) is 53.2 Å². The zero-order chi connectivity index (χ0) is 11.4. The van der Waals surface area contributed by atoms with E-state index in [0.717, 1.165) is 5.56 Å². The van der Waals surface area contributed by atoms with E-state index >= 15 is 0 Å². The van der Waals surface area contributed by atoms with Crippen LogP contribution in [0, 0.1) is 0 Å². The van der Waals surface area contributed by atoms with E-state index in [4.69, 9.17) is 21.4 Å². The van der Waals surface area contributed by atoms with E-state index in [9.17, 15) is 0 Å². The molecule has 0 bridgehead atoms. The monoisotopic (exact) mass is 235 g/mol. The molecule has 0 atom stereocenters. The van der Waals surface area contributed by atoms with Crippen LogP contribution in [-0.4, -0.2) is 10.1 Å². The first-order valence-electron chi connectivity index (χ1n) is 4.77. The molecule has 16 heavy (non-hydrogen) atoms. The summed E-state index contributed by atoms with van der Waals surface area (Å²) in [6.45, 7) is -0.0234. The van der Waals surface area contributed by atoms with Crippen molar-refractivity contribution in [2.24, 2.45) is 0 Å². The van der Waals surface area contributed by atoms with Gasteiger partial charge in [0, 0.05) is 17.3 Å². The molecule has 1 aromatic carbocycles. The van der Waals surface area contributed by atoms with E-state index in [0.29, 0.717) is 16.7 Å². The van der Waals surface area contributed by atoms with Gasteiger partial charge in [-0.2, -0.15) is 0 Å². The number of aromatic nitrogens is 1. The van der Waals surface area contributed by atoms with Crippen LogP contribution in [-0.2, 0) is 6.61 Å². The summed E-state index contributed by atoms with van der Waals surface area (Å²) in [6.07, 6.45) is 1.57. The summed E-state index contributed by atoms with van der Waals surface area (Å²) in [4.78, 5) is 4.05. The molecule has 4 heteroatoms. The SMILES string of the molecule is OCc1ccc(Oc2cccc(Cl)c2)nc1. The van der Waals surface area contributed by atoms with Crippen molar-refractivity contribution in [3.8, 4) is 11.6 Å². The molecule has 0 aliphatic carbocycles. The van der Waals surface area contributed by atoms with Crippen LogP contribution in [0.3, 0.4) is 0 Å². The Balaban J connectivity index is 2.14. The molecule has 2 rings (SSSR count). The highest BCUT2D eigenvalue weighted by Gasteiger charge is 1.99. The first-order valence-corrected chi connectivity index (χ1v) is 5.15. The van der Waals surface area contributed by atoms with E-state index in [-0.39, 0.29) is 6.61 Å². The summed E-state index contributed by atoms with van der Waals surface area (Å²) in [5, 5.41) is 9.47. The molecule has 2 aromatic rings. The molecule has 3 nitrogen and oxygen atoms in total. The first kappa shape index (κ1) is 10.9. The van der Waals surface area contributed by atoms with Crippen molar-refractivity contribution in [1.29, 1.82) is 0 Å². The van der Waals surface area contributed by atoms with Crippen molar-refractivity contribution in [2.45, 2.75) is 6.61 Å². The number of ether oxygens (including phenoxy) is 1. The lowest BCUT2D eigenvalue weighted by Gasteiger charge is -2.05. The minimum absolute atomic E-state index is 0.0234. The quantitative estimate of drug-likeness (QED) is 0.889. The van der Waals surface area contributed by atoms with Gasteiger partial charge < -0.3 is 9.84 Å². The zero-order valence-corrected chi connectivity index (χ0v) is 9.19. The number of aliphatic hydroxyl groups is 1. The van der Waals surface area contributed by atoms with Gasteiger partial charge in [0.25, 0.3) is 0 Å².